The number of likely N-dealkylation sites (N-methyl/N-ethyl adjacent to an activating group) is 1. The third kappa shape index (κ3) is 5.36. The summed E-state index contributed by atoms with van der Waals surface area (Å²) in [6, 6.07) is 0.916. The van der Waals surface area contributed by atoms with E-state index in [-0.39, 0.29) is 5.91 Å². The monoisotopic (exact) mass is 255 g/mol. The van der Waals surface area contributed by atoms with Crippen LogP contribution in [0.25, 0.3) is 0 Å². The Labute approximate surface area is 111 Å². The smallest absolute Gasteiger partial charge is 0.234 e. The maximum absolute atomic E-state index is 11.7. The highest BCUT2D eigenvalue weighted by atomic mass is 16.1. The molecule has 0 saturated carbocycles. The highest BCUT2D eigenvalue weighted by molar-refractivity contribution is 5.78. The number of carbonyl (C=O) groups is 1. The van der Waals surface area contributed by atoms with Crippen molar-refractivity contribution in [1.82, 2.24) is 15.5 Å². The van der Waals surface area contributed by atoms with E-state index in [1.54, 1.807) is 0 Å². The van der Waals surface area contributed by atoms with E-state index in [1.807, 2.05) is 0 Å². The zero-order valence-corrected chi connectivity index (χ0v) is 12.2. The molecule has 0 spiro atoms. The summed E-state index contributed by atoms with van der Waals surface area (Å²) in [5.41, 5.74) is 0. The summed E-state index contributed by atoms with van der Waals surface area (Å²) in [5.74, 6) is 0.122. The van der Waals surface area contributed by atoms with Gasteiger partial charge in [0.25, 0.3) is 0 Å². The Balaban J connectivity index is 2.11. The molecular weight excluding hydrogens is 226 g/mol. The molecule has 1 fully saturated rings. The number of amides is 1. The van der Waals surface area contributed by atoms with Crippen molar-refractivity contribution in [2.75, 3.05) is 26.2 Å². The average molecular weight is 255 g/mol. The van der Waals surface area contributed by atoms with Crippen LogP contribution in [0.5, 0.6) is 0 Å². The van der Waals surface area contributed by atoms with Gasteiger partial charge >= 0.3 is 0 Å². The van der Waals surface area contributed by atoms with Gasteiger partial charge in [-0.05, 0) is 39.3 Å². The van der Waals surface area contributed by atoms with Crippen LogP contribution in [0.4, 0.5) is 0 Å². The van der Waals surface area contributed by atoms with Crippen molar-refractivity contribution < 1.29 is 4.79 Å². The zero-order chi connectivity index (χ0) is 13.4. The highest BCUT2D eigenvalue weighted by Crippen LogP contribution is 2.15. The summed E-state index contributed by atoms with van der Waals surface area (Å²) in [7, 11) is 0. The van der Waals surface area contributed by atoms with Crippen molar-refractivity contribution in [3.63, 3.8) is 0 Å². The quantitative estimate of drug-likeness (QED) is 0.688. The maximum atomic E-state index is 11.7. The van der Waals surface area contributed by atoms with Crippen LogP contribution in [0.2, 0.25) is 0 Å². The lowest BCUT2D eigenvalue weighted by Gasteiger charge is -2.23. The largest absolute Gasteiger partial charge is 0.353 e. The Morgan fingerprint density at radius 2 is 2.22 bits per heavy atom. The second-order valence-corrected chi connectivity index (χ2v) is 5.31. The van der Waals surface area contributed by atoms with Gasteiger partial charge in [-0.1, -0.05) is 20.3 Å². The molecule has 2 atom stereocenters. The topological polar surface area (TPSA) is 44.4 Å². The van der Waals surface area contributed by atoms with Crippen LogP contribution in [0.15, 0.2) is 0 Å². The van der Waals surface area contributed by atoms with Crippen LogP contribution in [0.3, 0.4) is 0 Å². The van der Waals surface area contributed by atoms with Gasteiger partial charge in [0.15, 0.2) is 0 Å². The summed E-state index contributed by atoms with van der Waals surface area (Å²) in [6.45, 7) is 10.1. The number of likely N-dealkylation sites (tertiary alicyclic amines) is 1. The van der Waals surface area contributed by atoms with Crippen LogP contribution in [0.1, 0.15) is 46.5 Å². The Bertz CT molecular complexity index is 245. The Kier molecular flexibility index (Phi) is 7.28. The number of hydrogen-bond donors (Lipinski definition) is 2. The van der Waals surface area contributed by atoms with Crippen molar-refractivity contribution >= 4 is 5.91 Å². The molecular formula is C14H29N3O. The van der Waals surface area contributed by atoms with E-state index in [2.05, 4.69) is 36.3 Å². The van der Waals surface area contributed by atoms with Gasteiger partial charge in [-0.2, -0.15) is 0 Å². The molecule has 1 saturated heterocycles. The van der Waals surface area contributed by atoms with Crippen LogP contribution < -0.4 is 10.6 Å². The first-order chi connectivity index (χ1) is 8.67. The first-order valence-corrected chi connectivity index (χ1v) is 7.41. The number of rotatable bonds is 8. The van der Waals surface area contributed by atoms with Crippen molar-refractivity contribution in [2.45, 2.75) is 58.5 Å². The predicted octanol–water partition coefficient (Wildman–Crippen LogP) is 1.37. The fourth-order valence-electron chi connectivity index (χ4n) is 2.73. The van der Waals surface area contributed by atoms with Gasteiger partial charge in [-0.15, -0.1) is 0 Å². The Morgan fingerprint density at radius 3 is 2.89 bits per heavy atom. The summed E-state index contributed by atoms with van der Waals surface area (Å²) in [5, 5.41) is 6.30. The van der Waals surface area contributed by atoms with Crippen LogP contribution in [-0.2, 0) is 4.79 Å². The van der Waals surface area contributed by atoms with E-state index in [0.717, 1.165) is 25.9 Å². The molecule has 0 aromatic carbocycles. The second kappa shape index (κ2) is 8.48. The first kappa shape index (κ1) is 15.4. The lowest BCUT2D eigenvalue weighted by Crippen LogP contribution is -2.43. The van der Waals surface area contributed by atoms with Crippen LogP contribution >= 0.6 is 0 Å². The molecule has 0 radical (unpaired) electrons. The van der Waals surface area contributed by atoms with E-state index in [4.69, 9.17) is 0 Å². The number of nitrogens with zero attached hydrogens (tertiary/aromatic N) is 1. The minimum absolute atomic E-state index is 0.122. The molecule has 2 N–H and O–H groups in total. The van der Waals surface area contributed by atoms with Gasteiger partial charge < -0.3 is 10.6 Å². The molecule has 1 aliphatic rings. The fraction of sp³-hybridized carbons (Fsp3) is 0.929. The molecule has 1 heterocycles. The second-order valence-electron chi connectivity index (χ2n) is 5.31. The molecule has 0 aromatic rings. The molecule has 1 rings (SSSR count). The molecule has 2 unspecified atom stereocenters. The summed E-state index contributed by atoms with van der Waals surface area (Å²) >= 11 is 0. The van der Waals surface area contributed by atoms with Crippen molar-refractivity contribution in [1.29, 1.82) is 0 Å². The summed E-state index contributed by atoms with van der Waals surface area (Å²) in [4.78, 5) is 14.2. The molecule has 0 aromatic heterocycles. The SMILES string of the molecule is CCCC(C)NC(=O)CNCC1CCCN1CC. The number of carbonyl (C=O) groups excluding carboxylic acids is 1. The molecule has 106 valence electrons. The van der Waals surface area contributed by atoms with E-state index in [1.165, 1.54) is 19.4 Å². The van der Waals surface area contributed by atoms with Gasteiger partial charge in [0, 0.05) is 18.6 Å². The lowest BCUT2D eigenvalue weighted by molar-refractivity contribution is -0.120. The minimum atomic E-state index is 0.122. The minimum Gasteiger partial charge on any atom is -0.353 e. The molecule has 18 heavy (non-hydrogen) atoms. The predicted molar refractivity (Wildman–Crippen MR) is 75.7 cm³/mol. The Hall–Kier alpha value is -0.610. The standard InChI is InChI=1S/C14H29N3O/c1-4-7-12(3)16-14(18)11-15-10-13-8-6-9-17(13)5-2/h12-13,15H,4-11H2,1-3H3,(H,16,18). The zero-order valence-electron chi connectivity index (χ0n) is 12.2. The molecule has 1 aliphatic heterocycles. The number of nitrogens with one attached hydrogen (secondary N) is 2. The molecule has 0 bridgehead atoms. The first-order valence-electron chi connectivity index (χ1n) is 7.41. The van der Waals surface area contributed by atoms with Crippen LogP contribution in [0, 0.1) is 0 Å². The molecule has 4 nitrogen and oxygen atoms in total. The Morgan fingerprint density at radius 1 is 1.44 bits per heavy atom. The van der Waals surface area contributed by atoms with Crippen molar-refractivity contribution in [3.05, 3.63) is 0 Å². The van der Waals surface area contributed by atoms with E-state index in [9.17, 15) is 4.79 Å². The molecule has 1 amide bonds. The van der Waals surface area contributed by atoms with Gasteiger partial charge in [0.05, 0.1) is 6.54 Å². The van der Waals surface area contributed by atoms with E-state index in [0.29, 0.717) is 18.6 Å². The summed E-state index contributed by atoms with van der Waals surface area (Å²) < 4.78 is 0. The fourth-order valence-corrected chi connectivity index (χ4v) is 2.73. The van der Waals surface area contributed by atoms with Crippen LogP contribution in [-0.4, -0.2) is 49.1 Å². The van der Waals surface area contributed by atoms with Gasteiger partial charge in [-0.25, -0.2) is 0 Å². The highest BCUT2D eigenvalue weighted by Gasteiger charge is 2.22. The molecule has 0 aliphatic carbocycles. The van der Waals surface area contributed by atoms with Gasteiger partial charge in [0.1, 0.15) is 0 Å². The van der Waals surface area contributed by atoms with E-state index < -0.39 is 0 Å². The summed E-state index contributed by atoms with van der Waals surface area (Å²) in [6.07, 6.45) is 4.72. The van der Waals surface area contributed by atoms with E-state index >= 15 is 0 Å². The lowest BCUT2D eigenvalue weighted by atomic mass is 10.2. The normalized spacial score (nSPS) is 22.1. The number of hydrogen-bond acceptors (Lipinski definition) is 3. The average Bonchev–Trinajstić information content (AvgIpc) is 2.76. The van der Waals surface area contributed by atoms with Crippen molar-refractivity contribution in [2.24, 2.45) is 0 Å². The van der Waals surface area contributed by atoms with Crippen molar-refractivity contribution in [3.8, 4) is 0 Å². The molecule has 4 heteroatoms. The third-order valence-electron chi connectivity index (χ3n) is 3.70. The maximum Gasteiger partial charge on any atom is 0.234 e. The van der Waals surface area contributed by atoms with Gasteiger partial charge in [-0.3, -0.25) is 9.69 Å². The van der Waals surface area contributed by atoms with Gasteiger partial charge in [0.2, 0.25) is 5.91 Å². The third-order valence-corrected chi connectivity index (χ3v) is 3.70.